The Morgan fingerprint density at radius 1 is 1.20 bits per heavy atom. The lowest BCUT2D eigenvalue weighted by molar-refractivity contribution is 0.227. The lowest BCUT2D eigenvalue weighted by Gasteiger charge is -2.31. The number of epoxide rings is 1. The normalized spacial score (nSPS) is 66.5. The molecule has 5 rings (SSSR count). The summed E-state index contributed by atoms with van der Waals surface area (Å²) in [6.07, 6.45) is 8.92. The van der Waals surface area contributed by atoms with E-state index in [1.807, 2.05) is 0 Å². The van der Waals surface area contributed by atoms with Crippen LogP contribution in [0.5, 0.6) is 0 Å². The molecule has 15 heavy (non-hydrogen) atoms. The van der Waals surface area contributed by atoms with Crippen molar-refractivity contribution in [3.05, 3.63) is 24.3 Å². The first kappa shape index (κ1) is 7.67. The number of allylic oxidation sites excluding steroid dienone is 3. The van der Waals surface area contributed by atoms with Crippen LogP contribution >= 0.6 is 0 Å². The summed E-state index contributed by atoms with van der Waals surface area (Å²) >= 11 is 0. The maximum Gasteiger partial charge on any atom is 0.0876 e. The van der Waals surface area contributed by atoms with Crippen LogP contribution in [-0.2, 0) is 4.74 Å². The van der Waals surface area contributed by atoms with E-state index >= 15 is 0 Å². The standard InChI is InChI=1S/C14H16O/c1-2-6-3-7-4-8(6)12-10-5-9(11(7)12)13-14(10)15-13/h2-3,7-14H,1,4-5H2. The van der Waals surface area contributed by atoms with Crippen molar-refractivity contribution >= 4 is 0 Å². The lowest BCUT2D eigenvalue weighted by Crippen LogP contribution is -2.31. The zero-order chi connectivity index (χ0) is 9.73. The Kier molecular flexibility index (Phi) is 1.08. The zero-order valence-electron chi connectivity index (χ0n) is 8.80. The van der Waals surface area contributed by atoms with Crippen molar-refractivity contribution in [2.75, 3.05) is 0 Å². The van der Waals surface area contributed by atoms with Crippen LogP contribution in [-0.4, -0.2) is 12.2 Å². The number of fused-ring (bicyclic) bond motifs is 12. The maximum atomic E-state index is 5.82. The third-order valence-electron chi connectivity index (χ3n) is 5.94. The van der Waals surface area contributed by atoms with E-state index in [1.54, 1.807) is 5.57 Å². The molecule has 0 radical (unpaired) electrons. The zero-order valence-corrected chi connectivity index (χ0v) is 8.80. The van der Waals surface area contributed by atoms with E-state index in [9.17, 15) is 0 Å². The summed E-state index contributed by atoms with van der Waals surface area (Å²) in [6.45, 7) is 3.97. The molecule has 4 fully saturated rings. The van der Waals surface area contributed by atoms with Crippen LogP contribution in [0.25, 0.3) is 0 Å². The van der Waals surface area contributed by atoms with Crippen LogP contribution in [0.3, 0.4) is 0 Å². The molecule has 0 N–H and O–H groups in total. The smallest absolute Gasteiger partial charge is 0.0876 e. The highest BCUT2D eigenvalue weighted by Gasteiger charge is 2.72. The fraction of sp³-hybridized carbons (Fsp3) is 0.714. The summed E-state index contributed by atoms with van der Waals surface area (Å²) in [5.41, 5.74) is 1.56. The van der Waals surface area contributed by atoms with Crippen molar-refractivity contribution in [1.82, 2.24) is 0 Å². The largest absolute Gasteiger partial charge is 0.369 e. The van der Waals surface area contributed by atoms with Crippen molar-refractivity contribution in [3.63, 3.8) is 0 Å². The molecule has 5 aliphatic rings. The van der Waals surface area contributed by atoms with Crippen LogP contribution in [0.15, 0.2) is 24.3 Å². The molecule has 8 atom stereocenters. The van der Waals surface area contributed by atoms with Gasteiger partial charge in [0.25, 0.3) is 0 Å². The van der Waals surface area contributed by atoms with E-state index in [0.29, 0.717) is 12.2 Å². The van der Waals surface area contributed by atoms with E-state index in [1.165, 1.54) is 12.8 Å². The predicted octanol–water partition coefficient (Wildman–Crippen LogP) is 2.40. The SMILES string of the molecule is C=CC1=CC2CC1C1C3CC(C4OC34)C21. The quantitative estimate of drug-likeness (QED) is 0.468. The van der Waals surface area contributed by atoms with Gasteiger partial charge in [0.1, 0.15) is 0 Å². The average molecular weight is 200 g/mol. The summed E-state index contributed by atoms with van der Waals surface area (Å²) in [6, 6.07) is 0. The van der Waals surface area contributed by atoms with Gasteiger partial charge in [-0.25, -0.2) is 0 Å². The molecule has 4 aliphatic carbocycles. The molecular weight excluding hydrogens is 184 g/mol. The minimum absolute atomic E-state index is 0.682. The second kappa shape index (κ2) is 2.10. The van der Waals surface area contributed by atoms with E-state index in [0.717, 1.165) is 35.5 Å². The number of rotatable bonds is 1. The van der Waals surface area contributed by atoms with Crippen molar-refractivity contribution in [2.45, 2.75) is 25.0 Å². The lowest BCUT2D eigenvalue weighted by atomic mass is 9.71. The van der Waals surface area contributed by atoms with E-state index in [2.05, 4.69) is 18.7 Å². The van der Waals surface area contributed by atoms with Crippen molar-refractivity contribution in [2.24, 2.45) is 35.5 Å². The van der Waals surface area contributed by atoms with Gasteiger partial charge in [0.15, 0.2) is 0 Å². The summed E-state index contributed by atoms with van der Waals surface area (Å²) in [7, 11) is 0. The van der Waals surface area contributed by atoms with Crippen molar-refractivity contribution < 1.29 is 4.74 Å². The molecule has 3 saturated carbocycles. The van der Waals surface area contributed by atoms with Gasteiger partial charge in [0, 0.05) is 0 Å². The first-order valence-electron chi connectivity index (χ1n) is 6.38. The topological polar surface area (TPSA) is 12.5 Å². The molecule has 1 heteroatoms. The summed E-state index contributed by atoms with van der Waals surface area (Å²) in [4.78, 5) is 0. The van der Waals surface area contributed by atoms with Crippen LogP contribution in [0.2, 0.25) is 0 Å². The minimum atomic E-state index is 0.682. The molecule has 78 valence electrons. The number of hydrogen-bond acceptors (Lipinski definition) is 1. The highest BCUT2D eigenvalue weighted by Crippen LogP contribution is 2.71. The molecule has 0 amide bonds. The third-order valence-corrected chi connectivity index (χ3v) is 5.94. The Bertz CT molecular complexity index is 396. The Labute approximate surface area is 90.2 Å². The van der Waals surface area contributed by atoms with Crippen LogP contribution in [0.1, 0.15) is 12.8 Å². The number of hydrogen-bond donors (Lipinski definition) is 0. The molecule has 8 unspecified atom stereocenters. The monoisotopic (exact) mass is 200 g/mol. The molecular formula is C14H16O. The number of ether oxygens (including phenoxy) is 1. The van der Waals surface area contributed by atoms with Crippen molar-refractivity contribution in [1.29, 1.82) is 0 Å². The molecule has 0 aromatic rings. The summed E-state index contributed by atoms with van der Waals surface area (Å²) < 4.78 is 5.82. The molecule has 4 bridgehead atoms. The Morgan fingerprint density at radius 2 is 2.00 bits per heavy atom. The highest BCUT2D eigenvalue weighted by molar-refractivity contribution is 5.35. The first-order valence-corrected chi connectivity index (χ1v) is 6.38. The van der Waals surface area contributed by atoms with E-state index in [-0.39, 0.29) is 0 Å². The fourth-order valence-corrected chi connectivity index (χ4v) is 5.64. The second-order valence-corrected chi connectivity index (χ2v) is 6.16. The Morgan fingerprint density at radius 3 is 2.80 bits per heavy atom. The summed E-state index contributed by atoms with van der Waals surface area (Å²) in [5, 5.41) is 0. The molecule has 1 heterocycles. The molecule has 1 nitrogen and oxygen atoms in total. The van der Waals surface area contributed by atoms with Crippen LogP contribution in [0.4, 0.5) is 0 Å². The third kappa shape index (κ3) is 0.665. The second-order valence-electron chi connectivity index (χ2n) is 6.16. The average Bonchev–Trinajstić information content (AvgIpc) is 2.69. The van der Waals surface area contributed by atoms with Gasteiger partial charge in [-0.15, -0.1) is 0 Å². The predicted molar refractivity (Wildman–Crippen MR) is 57.1 cm³/mol. The van der Waals surface area contributed by atoms with Gasteiger partial charge >= 0.3 is 0 Å². The van der Waals surface area contributed by atoms with Crippen LogP contribution in [0, 0.1) is 35.5 Å². The fourth-order valence-electron chi connectivity index (χ4n) is 5.64. The summed E-state index contributed by atoms with van der Waals surface area (Å²) in [5.74, 6) is 5.56. The highest BCUT2D eigenvalue weighted by atomic mass is 16.6. The molecule has 0 spiro atoms. The van der Waals surface area contributed by atoms with Gasteiger partial charge < -0.3 is 4.74 Å². The van der Waals surface area contributed by atoms with Gasteiger partial charge in [-0.1, -0.05) is 18.7 Å². The van der Waals surface area contributed by atoms with Crippen molar-refractivity contribution in [3.8, 4) is 0 Å². The van der Waals surface area contributed by atoms with E-state index < -0.39 is 0 Å². The minimum Gasteiger partial charge on any atom is -0.369 e. The Balaban J connectivity index is 1.63. The molecule has 1 saturated heterocycles. The van der Waals surface area contributed by atoms with Gasteiger partial charge in [0.2, 0.25) is 0 Å². The van der Waals surface area contributed by atoms with Gasteiger partial charge in [-0.3, -0.25) is 0 Å². The van der Waals surface area contributed by atoms with Gasteiger partial charge in [0.05, 0.1) is 12.2 Å². The Hall–Kier alpha value is -0.560. The molecule has 0 aromatic carbocycles. The molecule has 1 aliphatic heterocycles. The van der Waals surface area contributed by atoms with Gasteiger partial charge in [-0.05, 0) is 53.9 Å². The van der Waals surface area contributed by atoms with E-state index in [4.69, 9.17) is 4.74 Å². The van der Waals surface area contributed by atoms with Gasteiger partial charge in [-0.2, -0.15) is 0 Å². The first-order chi connectivity index (χ1) is 7.38. The molecule has 0 aromatic heterocycles. The maximum absolute atomic E-state index is 5.82. The van der Waals surface area contributed by atoms with Crippen LogP contribution < -0.4 is 0 Å².